The Balaban J connectivity index is 1.57. The first-order chi connectivity index (χ1) is 14.7. The smallest absolute Gasteiger partial charge is 0.453 e. The van der Waals surface area contributed by atoms with Gasteiger partial charge in [0.05, 0.1) is 7.11 Å². The first-order valence-electron chi connectivity index (χ1n) is 9.68. The molecule has 1 aliphatic rings. The summed E-state index contributed by atoms with van der Waals surface area (Å²) in [5.74, 6) is -0.238. The minimum atomic E-state index is -4.66. The van der Waals surface area contributed by atoms with Crippen LogP contribution in [0.5, 0.6) is 5.75 Å². The predicted octanol–water partition coefficient (Wildman–Crippen LogP) is 2.73. The van der Waals surface area contributed by atoms with E-state index in [1.807, 2.05) is 4.90 Å². The molecule has 3 heterocycles. The summed E-state index contributed by atoms with van der Waals surface area (Å²) >= 11 is 0. The molecule has 4 rings (SSSR count). The van der Waals surface area contributed by atoms with Gasteiger partial charge in [-0.2, -0.15) is 17.7 Å². The van der Waals surface area contributed by atoms with Gasteiger partial charge in [-0.3, -0.25) is 4.79 Å². The Morgan fingerprint density at radius 1 is 1.06 bits per heavy atom. The van der Waals surface area contributed by atoms with E-state index in [0.29, 0.717) is 48.9 Å². The predicted molar refractivity (Wildman–Crippen MR) is 106 cm³/mol. The molecule has 1 saturated heterocycles. The molecule has 0 atom stereocenters. The first kappa shape index (κ1) is 20.9. The highest BCUT2D eigenvalue weighted by Gasteiger charge is 2.38. The lowest BCUT2D eigenvalue weighted by Gasteiger charge is -2.36. The molecule has 0 aliphatic carbocycles. The molecule has 0 saturated carbocycles. The van der Waals surface area contributed by atoms with Gasteiger partial charge in [-0.15, -0.1) is 15.3 Å². The molecule has 3 aromatic rings. The monoisotopic (exact) mass is 434 g/mol. The van der Waals surface area contributed by atoms with Crippen molar-refractivity contribution in [2.45, 2.75) is 20.0 Å². The van der Waals surface area contributed by atoms with E-state index in [1.165, 1.54) is 7.11 Å². The highest BCUT2D eigenvalue weighted by atomic mass is 19.4. The summed E-state index contributed by atoms with van der Waals surface area (Å²) < 4.78 is 45.8. The lowest BCUT2D eigenvalue weighted by atomic mass is 10.1. The van der Waals surface area contributed by atoms with E-state index in [2.05, 4.69) is 15.3 Å². The third-order valence-corrected chi connectivity index (χ3v) is 5.51. The van der Waals surface area contributed by atoms with E-state index in [9.17, 15) is 18.0 Å². The number of hydrogen-bond acceptors (Lipinski definition) is 6. The molecule has 8 nitrogen and oxygen atoms in total. The van der Waals surface area contributed by atoms with E-state index in [4.69, 9.17) is 4.74 Å². The Morgan fingerprint density at radius 2 is 1.77 bits per heavy atom. The van der Waals surface area contributed by atoms with E-state index < -0.39 is 12.0 Å². The van der Waals surface area contributed by atoms with Gasteiger partial charge in [0.2, 0.25) is 0 Å². The number of methoxy groups -OCH3 is 1. The van der Waals surface area contributed by atoms with Crippen molar-refractivity contribution in [3.8, 4) is 5.75 Å². The Labute approximate surface area is 176 Å². The van der Waals surface area contributed by atoms with Gasteiger partial charge in [0, 0.05) is 42.9 Å². The number of piperazine rings is 1. The average Bonchev–Trinajstić information content (AvgIpc) is 3.20. The summed E-state index contributed by atoms with van der Waals surface area (Å²) in [5, 5.41) is 11.2. The Bertz CT molecular complexity index is 1140. The van der Waals surface area contributed by atoms with Gasteiger partial charge < -0.3 is 14.5 Å². The Hall–Kier alpha value is -3.37. The van der Waals surface area contributed by atoms with Gasteiger partial charge in [-0.1, -0.05) is 6.07 Å². The van der Waals surface area contributed by atoms with Crippen molar-refractivity contribution in [1.82, 2.24) is 24.7 Å². The van der Waals surface area contributed by atoms with Crippen LogP contribution < -0.4 is 9.64 Å². The highest BCUT2D eigenvalue weighted by Crippen LogP contribution is 2.31. The van der Waals surface area contributed by atoms with Gasteiger partial charge in [0.1, 0.15) is 5.75 Å². The normalized spacial score (nSPS) is 14.9. The molecule has 0 spiro atoms. The fourth-order valence-corrected chi connectivity index (χ4v) is 3.65. The van der Waals surface area contributed by atoms with Gasteiger partial charge in [0.25, 0.3) is 11.7 Å². The topological polar surface area (TPSA) is 75.9 Å². The zero-order chi connectivity index (χ0) is 22.3. The molecule has 0 unspecified atom stereocenters. The van der Waals surface area contributed by atoms with Gasteiger partial charge in [-0.05, 0) is 32.0 Å². The van der Waals surface area contributed by atoms with Crippen molar-refractivity contribution in [3.63, 3.8) is 0 Å². The summed E-state index contributed by atoms with van der Waals surface area (Å²) in [6.07, 6.45) is -4.66. The molecule has 2 aromatic heterocycles. The number of halogens is 3. The molecule has 11 heteroatoms. The molecule has 0 N–H and O–H groups in total. The highest BCUT2D eigenvalue weighted by molar-refractivity contribution is 5.94. The van der Waals surface area contributed by atoms with Crippen molar-refractivity contribution < 1.29 is 22.7 Å². The third-order valence-electron chi connectivity index (χ3n) is 5.51. The number of nitrogens with zero attached hydrogens (tertiary/aromatic N) is 6. The maximum Gasteiger partial charge on any atom is 0.453 e. The third kappa shape index (κ3) is 3.75. The quantitative estimate of drug-likeness (QED) is 0.631. The van der Waals surface area contributed by atoms with Crippen molar-refractivity contribution in [2.24, 2.45) is 0 Å². The number of carbonyl (C=O) groups is 1. The number of ether oxygens (including phenoxy) is 1. The van der Waals surface area contributed by atoms with Crippen LogP contribution in [0.15, 0.2) is 24.3 Å². The van der Waals surface area contributed by atoms with Crippen LogP contribution in [-0.4, -0.2) is 63.9 Å². The largest absolute Gasteiger partial charge is 0.497 e. The van der Waals surface area contributed by atoms with Crippen LogP contribution >= 0.6 is 0 Å². The average molecular weight is 434 g/mol. The van der Waals surface area contributed by atoms with Gasteiger partial charge >= 0.3 is 6.18 Å². The van der Waals surface area contributed by atoms with Crippen LogP contribution in [0.3, 0.4) is 0 Å². The van der Waals surface area contributed by atoms with Crippen molar-refractivity contribution in [2.75, 3.05) is 38.2 Å². The number of rotatable bonds is 3. The Kier molecular flexibility index (Phi) is 5.19. The van der Waals surface area contributed by atoms with E-state index in [1.54, 1.807) is 43.0 Å². The number of aryl methyl sites for hydroxylation is 1. The number of carbonyl (C=O) groups excluding carboxylic acids is 1. The van der Waals surface area contributed by atoms with Crippen LogP contribution in [0, 0.1) is 13.8 Å². The van der Waals surface area contributed by atoms with E-state index in [0.717, 1.165) is 10.1 Å². The fraction of sp³-hybridized carbons (Fsp3) is 0.400. The molecule has 1 aliphatic heterocycles. The standard InChI is InChI=1S/C20H21F3N6O2/c1-12-13(2)17(26-29-16(12)24-25-19(29)20(21,22)23)27-7-9-28(10-8-27)18(30)14-5-4-6-15(11-14)31-3/h4-6,11H,7-10H2,1-3H3. The summed E-state index contributed by atoms with van der Waals surface area (Å²) in [6.45, 7) is 5.22. The van der Waals surface area contributed by atoms with Gasteiger partial charge in [-0.25, -0.2) is 0 Å². The lowest BCUT2D eigenvalue weighted by molar-refractivity contribution is -0.146. The molecular formula is C20H21F3N6O2. The minimum Gasteiger partial charge on any atom is -0.497 e. The number of anilines is 1. The zero-order valence-electron chi connectivity index (χ0n) is 17.3. The molecule has 0 radical (unpaired) electrons. The lowest BCUT2D eigenvalue weighted by Crippen LogP contribution is -2.49. The molecule has 164 valence electrons. The number of amides is 1. The second kappa shape index (κ2) is 7.71. The van der Waals surface area contributed by atoms with Crippen molar-refractivity contribution >= 4 is 17.4 Å². The van der Waals surface area contributed by atoms with Crippen LogP contribution in [0.25, 0.3) is 5.65 Å². The number of benzene rings is 1. The first-order valence-corrected chi connectivity index (χ1v) is 9.68. The maximum absolute atomic E-state index is 13.3. The van der Waals surface area contributed by atoms with E-state index >= 15 is 0 Å². The maximum atomic E-state index is 13.3. The second-order valence-electron chi connectivity index (χ2n) is 7.34. The number of hydrogen-bond donors (Lipinski definition) is 0. The summed E-state index contributed by atoms with van der Waals surface area (Å²) in [4.78, 5) is 16.4. The number of fused-ring (bicyclic) bond motifs is 1. The van der Waals surface area contributed by atoms with Crippen molar-refractivity contribution in [1.29, 1.82) is 0 Å². The minimum absolute atomic E-state index is 0.0837. The number of alkyl halides is 3. The molecule has 1 aromatic carbocycles. The number of aromatic nitrogens is 4. The summed E-state index contributed by atoms with van der Waals surface area (Å²) in [7, 11) is 1.54. The van der Waals surface area contributed by atoms with Crippen molar-refractivity contribution in [3.05, 3.63) is 46.8 Å². The SMILES string of the molecule is COc1cccc(C(=O)N2CCN(c3nn4c(C(F)(F)F)nnc4c(C)c3C)CC2)c1. The fourth-order valence-electron chi connectivity index (χ4n) is 3.65. The molecular weight excluding hydrogens is 413 g/mol. The Morgan fingerprint density at radius 3 is 2.42 bits per heavy atom. The molecule has 31 heavy (non-hydrogen) atoms. The van der Waals surface area contributed by atoms with Crippen LogP contribution in [0.2, 0.25) is 0 Å². The zero-order valence-corrected chi connectivity index (χ0v) is 17.3. The van der Waals surface area contributed by atoms with Crippen LogP contribution in [0.4, 0.5) is 19.0 Å². The second-order valence-corrected chi connectivity index (χ2v) is 7.34. The van der Waals surface area contributed by atoms with Crippen LogP contribution in [-0.2, 0) is 6.18 Å². The molecule has 0 bridgehead atoms. The van der Waals surface area contributed by atoms with E-state index in [-0.39, 0.29) is 11.6 Å². The summed E-state index contributed by atoms with van der Waals surface area (Å²) in [6, 6.07) is 6.93. The molecule has 1 fully saturated rings. The van der Waals surface area contributed by atoms with Crippen LogP contribution in [0.1, 0.15) is 27.3 Å². The molecule has 1 amide bonds. The van der Waals surface area contributed by atoms with Gasteiger partial charge in [0.15, 0.2) is 11.5 Å². The summed E-state index contributed by atoms with van der Waals surface area (Å²) in [5.41, 5.74) is 1.93.